The van der Waals surface area contributed by atoms with Gasteiger partial charge in [-0.25, -0.2) is 0 Å². The third kappa shape index (κ3) is 4.55. The van der Waals surface area contributed by atoms with Gasteiger partial charge >= 0.3 is 0 Å². The van der Waals surface area contributed by atoms with Gasteiger partial charge in [0.15, 0.2) is 0 Å². The van der Waals surface area contributed by atoms with E-state index in [9.17, 15) is 0 Å². The predicted octanol–water partition coefficient (Wildman–Crippen LogP) is 4.33. The standard InChI is InChI=1S/C17H24N2OS/c1-5-8-19-17(16-7-6-13(4)21-16)14-9-15(11-18-10-14)20-12(2)3/h6-7,9-12,17,19H,5,8H2,1-4H3. The summed E-state index contributed by atoms with van der Waals surface area (Å²) in [5.74, 6) is 0.832. The lowest BCUT2D eigenvalue weighted by atomic mass is 10.1. The number of hydrogen-bond acceptors (Lipinski definition) is 4. The van der Waals surface area contributed by atoms with Crippen LogP contribution in [0.25, 0.3) is 0 Å². The van der Waals surface area contributed by atoms with E-state index in [-0.39, 0.29) is 12.1 Å². The zero-order valence-electron chi connectivity index (χ0n) is 13.2. The lowest BCUT2D eigenvalue weighted by molar-refractivity contribution is 0.241. The Balaban J connectivity index is 2.27. The predicted molar refractivity (Wildman–Crippen MR) is 89.2 cm³/mol. The number of aromatic nitrogens is 1. The Morgan fingerprint density at radius 1 is 1.29 bits per heavy atom. The number of aryl methyl sites for hydroxylation is 1. The largest absolute Gasteiger partial charge is 0.489 e. The van der Waals surface area contributed by atoms with Crippen LogP contribution in [0, 0.1) is 6.92 Å². The smallest absolute Gasteiger partial charge is 0.138 e. The van der Waals surface area contributed by atoms with Crippen LogP contribution >= 0.6 is 11.3 Å². The number of nitrogens with zero attached hydrogens (tertiary/aromatic N) is 1. The van der Waals surface area contributed by atoms with Crippen molar-refractivity contribution in [3.8, 4) is 5.75 Å². The van der Waals surface area contributed by atoms with E-state index in [2.05, 4.69) is 42.3 Å². The normalized spacial score (nSPS) is 12.6. The molecule has 0 aliphatic heterocycles. The van der Waals surface area contributed by atoms with Gasteiger partial charge < -0.3 is 10.1 Å². The molecule has 0 aliphatic carbocycles. The minimum absolute atomic E-state index is 0.160. The molecule has 2 rings (SSSR count). The molecule has 2 aromatic heterocycles. The highest BCUT2D eigenvalue weighted by Gasteiger charge is 2.16. The van der Waals surface area contributed by atoms with Crippen molar-refractivity contribution in [1.29, 1.82) is 0 Å². The molecule has 0 saturated heterocycles. The van der Waals surface area contributed by atoms with Gasteiger partial charge in [0.2, 0.25) is 0 Å². The Morgan fingerprint density at radius 2 is 2.10 bits per heavy atom. The summed E-state index contributed by atoms with van der Waals surface area (Å²) in [7, 11) is 0. The van der Waals surface area contributed by atoms with Gasteiger partial charge in [-0.15, -0.1) is 11.3 Å². The molecule has 0 radical (unpaired) electrons. The lowest BCUT2D eigenvalue weighted by Crippen LogP contribution is -2.22. The molecule has 1 N–H and O–H groups in total. The number of rotatable bonds is 7. The summed E-state index contributed by atoms with van der Waals surface area (Å²) in [6, 6.07) is 6.65. The highest BCUT2D eigenvalue weighted by Crippen LogP contribution is 2.29. The molecule has 2 aromatic rings. The first-order chi connectivity index (χ1) is 10.1. The molecule has 114 valence electrons. The first kappa shape index (κ1) is 16.0. The van der Waals surface area contributed by atoms with Crippen molar-refractivity contribution in [3.05, 3.63) is 45.9 Å². The monoisotopic (exact) mass is 304 g/mol. The summed E-state index contributed by atoms with van der Waals surface area (Å²) in [5.41, 5.74) is 1.16. The molecule has 3 nitrogen and oxygen atoms in total. The zero-order valence-corrected chi connectivity index (χ0v) is 14.0. The summed E-state index contributed by atoms with van der Waals surface area (Å²) in [6.45, 7) is 9.36. The van der Waals surface area contributed by atoms with Crippen molar-refractivity contribution >= 4 is 11.3 Å². The molecule has 1 atom stereocenters. The van der Waals surface area contributed by atoms with Gasteiger partial charge in [-0.2, -0.15) is 0 Å². The fourth-order valence-corrected chi connectivity index (χ4v) is 3.19. The second kappa shape index (κ2) is 7.57. The van der Waals surface area contributed by atoms with Crippen LogP contribution in [0.1, 0.15) is 48.6 Å². The number of nitrogens with one attached hydrogen (secondary N) is 1. The number of ether oxygens (including phenoxy) is 1. The van der Waals surface area contributed by atoms with E-state index < -0.39 is 0 Å². The second-order valence-electron chi connectivity index (χ2n) is 5.46. The van der Waals surface area contributed by atoms with Gasteiger partial charge in [0.05, 0.1) is 18.3 Å². The van der Waals surface area contributed by atoms with Crippen LogP contribution in [-0.2, 0) is 0 Å². The summed E-state index contributed by atoms with van der Waals surface area (Å²) in [5, 5.41) is 3.61. The van der Waals surface area contributed by atoms with E-state index >= 15 is 0 Å². The van der Waals surface area contributed by atoms with Crippen LogP contribution in [-0.4, -0.2) is 17.6 Å². The fourth-order valence-electron chi connectivity index (χ4n) is 2.21. The van der Waals surface area contributed by atoms with Crippen molar-refractivity contribution in [2.45, 2.75) is 46.3 Å². The molecule has 4 heteroatoms. The third-order valence-electron chi connectivity index (χ3n) is 3.08. The van der Waals surface area contributed by atoms with Gasteiger partial charge in [-0.1, -0.05) is 6.92 Å². The van der Waals surface area contributed by atoms with Crippen LogP contribution in [0.2, 0.25) is 0 Å². The quantitative estimate of drug-likeness (QED) is 0.827. The van der Waals surface area contributed by atoms with Gasteiger partial charge in [0.25, 0.3) is 0 Å². The molecule has 0 aliphatic rings. The molecule has 21 heavy (non-hydrogen) atoms. The first-order valence-corrected chi connectivity index (χ1v) is 8.33. The van der Waals surface area contributed by atoms with Crippen molar-refractivity contribution in [2.75, 3.05) is 6.54 Å². The van der Waals surface area contributed by atoms with Crippen LogP contribution in [0.15, 0.2) is 30.6 Å². The molecular weight excluding hydrogens is 280 g/mol. The maximum absolute atomic E-state index is 5.76. The van der Waals surface area contributed by atoms with E-state index in [0.717, 1.165) is 24.3 Å². The maximum atomic E-state index is 5.76. The van der Waals surface area contributed by atoms with E-state index in [4.69, 9.17) is 4.74 Å². The first-order valence-electron chi connectivity index (χ1n) is 7.51. The molecule has 0 amide bonds. The summed E-state index contributed by atoms with van der Waals surface area (Å²) < 4.78 is 5.76. The topological polar surface area (TPSA) is 34.2 Å². The average molecular weight is 304 g/mol. The minimum Gasteiger partial charge on any atom is -0.489 e. The number of thiophene rings is 1. The highest BCUT2D eigenvalue weighted by molar-refractivity contribution is 7.12. The number of hydrogen-bond donors (Lipinski definition) is 1. The summed E-state index contributed by atoms with van der Waals surface area (Å²) >= 11 is 1.83. The lowest BCUT2D eigenvalue weighted by Gasteiger charge is -2.18. The Bertz CT molecular complexity index is 565. The average Bonchev–Trinajstić information content (AvgIpc) is 2.85. The SMILES string of the molecule is CCCNC(c1cncc(OC(C)C)c1)c1ccc(C)s1. The van der Waals surface area contributed by atoms with Crippen LogP contribution in [0.5, 0.6) is 5.75 Å². The molecule has 2 heterocycles. The third-order valence-corrected chi connectivity index (χ3v) is 4.15. The van der Waals surface area contributed by atoms with Crippen molar-refractivity contribution < 1.29 is 4.74 Å². The van der Waals surface area contributed by atoms with Gasteiger partial charge in [-0.3, -0.25) is 4.98 Å². The molecule has 0 spiro atoms. The van der Waals surface area contributed by atoms with E-state index in [1.807, 2.05) is 31.4 Å². The van der Waals surface area contributed by atoms with Crippen LogP contribution in [0.4, 0.5) is 0 Å². The zero-order chi connectivity index (χ0) is 15.2. The van der Waals surface area contributed by atoms with Crippen molar-refractivity contribution in [1.82, 2.24) is 10.3 Å². The molecule has 0 aromatic carbocycles. The Labute approximate surface area is 131 Å². The molecule has 0 fully saturated rings. The molecule has 0 bridgehead atoms. The fraction of sp³-hybridized carbons (Fsp3) is 0.471. The minimum atomic E-state index is 0.160. The Morgan fingerprint density at radius 3 is 2.71 bits per heavy atom. The van der Waals surface area contributed by atoms with Gasteiger partial charge in [0.1, 0.15) is 5.75 Å². The summed E-state index contributed by atoms with van der Waals surface area (Å²) in [4.78, 5) is 6.99. The van der Waals surface area contributed by atoms with E-state index in [1.54, 1.807) is 6.20 Å². The molecular formula is C17H24N2OS. The molecule has 1 unspecified atom stereocenters. The molecule has 0 saturated carbocycles. The Hall–Kier alpha value is -1.39. The highest BCUT2D eigenvalue weighted by atomic mass is 32.1. The van der Waals surface area contributed by atoms with E-state index in [0.29, 0.717) is 0 Å². The van der Waals surface area contributed by atoms with Crippen molar-refractivity contribution in [3.63, 3.8) is 0 Å². The second-order valence-corrected chi connectivity index (χ2v) is 6.78. The van der Waals surface area contributed by atoms with Gasteiger partial charge in [0, 0.05) is 16.0 Å². The van der Waals surface area contributed by atoms with Crippen LogP contribution in [0.3, 0.4) is 0 Å². The Kier molecular flexibility index (Phi) is 5.76. The van der Waals surface area contributed by atoms with E-state index in [1.165, 1.54) is 9.75 Å². The van der Waals surface area contributed by atoms with Gasteiger partial charge in [-0.05, 0) is 57.5 Å². The number of pyridine rings is 1. The maximum Gasteiger partial charge on any atom is 0.138 e. The van der Waals surface area contributed by atoms with Crippen LogP contribution < -0.4 is 10.1 Å². The van der Waals surface area contributed by atoms with Crippen molar-refractivity contribution in [2.24, 2.45) is 0 Å². The summed E-state index contributed by atoms with van der Waals surface area (Å²) in [6.07, 6.45) is 4.97.